The number of carboxylic acid groups (broad SMARTS) is 1. The molecule has 3 aromatic rings. The minimum absolute atomic E-state index is 0.00695. The molecule has 1 atom stereocenters. The molecule has 2 heterocycles. The van der Waals surface area contributed by atoms with Gasteiger partial charge in [-0.2, -0.15) is 0 Å². The van der Waals surface area contributed by atoms with Crippen LogP contribution in [-0.2, 0) is 0 Å². The Morgan fingerprint density at radius 2 is 1.93 bits per heavy atom. The predicted molar refractivity (Wildman–Crippen MR) is 105 cm³/mol. The fourth-order valence-corrected chi connectivity index (χ4v) is 3.76. The first-order valence-corrected chi connectivity index (χ1v) is 9.34. The number of rotatable bonds is 4. The molecule has 0 radical (unpaired) electrons. The van der Waals surface area contributed by atoms with Gasteiger partial charge in [0.05, 0.1) is 5.56 Å². The zero-order chi connectivity index (χ0) is 19.5. The van der Waals surface area contributed by atoms with Gasteiger partial charge in [0.2, 0.25) is 0 Å². The maximum absolute atomic E-state index is 13.1. The number of nitrogens with one attached hydrogen (secondary N) is 1. The van der Waals surface area contributed by atoms with Crippen molar-refractivity contribution in [2.24, 2.45) is 0 Å². The molecule has 1 saturated heterocycles. The van der Waals surface area contributed by atoms with Gasteiger partial charge in [-0.25, -0.2) is 9.78 Å². The molecule has 2 N–H and O–H groups in total. The van der Waals surface area contributed by atoms with Gasteiger partial charge in [-0.15, -0.1) is 0 Å². The van der Waals surface area contributed by atoms with Crippen molar-refractivity contribution in [3.05, 3.63) is 77.6 Å². The number of H-pyrrole nitrogens is 1. The van der Waals surface area contributed by atoms with E-state index in [0.717, 1.165) is 29.8 Å². The van der Waals surface area contributed by atoms with Crippen LogP contribution in [0.5, 0.6) is 0 Å². The van der Waals surface area contributed by atoms with Crippen molar-refractivity contribution in [2.75, 3.05) is 13.1 Å². The van der Waals surface area contributed by atoms with Crippen LogP contribution in [-0.4, -0.2) is 44.9 Å². The highest BCUT2D eigenvalue weighted by Crippen LogP contribution is 2.29. The van der Waals surface area contributed by atoms with Crippen LogP contribution in [0.25, 0.3) is 11.4 Å². The van der Waals surface area contributed by atoms with E-state index in [2.05, 4.69) is 9.97 Å². The van der Waals surface area contributed by atoms with Crippen LogP contribution in [0.2, 0.25) is 0 Å². The van der Waals surface area contributed by atoms with Gasteiger partial charge in [0.1, 0.15) is 5.82 Å². The van der Waals surface area contributed by atoms with Crippen LogP contribution in [0.4, 0.5) is 0 Å². The Morgan fingerprint density at radius 1 is 1.11 bits per heavy atom. The van der Waals surface area contributed by atoms with Crippen LogP contribution in [0.1, 0.15) is 45.0 Å². The van der Waals surface area contributed by atoms with E-state index in [4.69, 9.17) is 0 Å². The van der Waals surface area contributed by atoms with Gasteiger partial charge in [0, 0.05) is 42.5 Å². The molecule has 0 unspecified atom stereocenters. The van der Waals surface area contributed by atoms with Crippen LogP contribution in [0.15, 0.2) is 60.9 Å². The van der Waals surface area contributed by atoms with Gasteiger partial charge < -0.3 is 15.0 Å². The molecule has 0 saturated carbocycles. The number of carboxylic acids is 1. The maximum Gasteiger partial charge on any atom is 0.335 e. The van der Waals surface area contributed by atoms with Gasteiger partial charge in [-0.05, 0) is 42.7 Å². The summed E-state index contributed by atoms with van der Waals surface area (Å²) in [6, 6.07) is 14.5. The number of benzene rings is 2. The molecule has 2 aromatic carbocycles. The van der Waals surface area contributed by atoms with Crippen LogP contribution >= 0.6 is 0 Å². The van der Waals surface area contributed by atoms with Crippen LogP contribution < -0.4 is 0 Å². The molecule has 1 amide bonds. The van der Waals surface area contributed by atoms with Gasteiger partial charge in [-0.1, -0.05) is 24.3 Å². The number of imidazole rings is 1. The zero-order valence-corrected chi connectivity index (χ0v) is 15.3. The Morgan fingerprint density at radius 3 is 2.71 bits per heavy atom. The SMILES string of the molecule is O=C(O)c1cccc([C@H]2CCCN(C(=O)c3cccc(-c4ncc[nH]4)c3)C2)c1. The summed E-state index contributed by atoms with van der Waals surface area (Å²) in [5.74, 6) is -0.0604. The van der Waals surface area contributed by atoms with Crippen LogP contribution in [0, 0.1) is 0 Å². The summed E-state index contributed by atoms with van der Waals surface area (Å²) < 4.78 is 0. The first kappa shape index (κ1) is 18.0. The van der Waals surface area contributed by atoms with Gasteiger partial charge in [0.25, 0.3) is 5.91 Å². The Kier molecular flexibility index (Phi) is 4.93. The summed E-state index contributed by atoms with van der Waals surface area (Å²) in [6.07, 6.45) is 5.28. The lowest BCUT2D eigenvalue weighted by atomic mass is 9.89. The van der Waals surface area contributed by atoms with Gasteiger partial charge in [-0.3, -0.25) is 4.79 Å². The molecule has 1 aliphatic heterocycles. The Bertz CT molecular complexity index is 998. The number of nitrogens with zero attached hydrogens (tertiary/aromatic N) is 2. The summed E-state index contributed by atoms with van der Waals surface area (Å²) in [4.78, 5) is 33.5. The van der Waals surface area contributed by atoms with E-state index in [1.165, 1.54) is 0 Å². The lowest BCUT2D eigenvalue weighted by Gasteiger charge is -2.33. The predicted octanol–water partition coefficient (Wildman–Crippen LogP) is 3.79. The molecule has 0 spiro atoms. The highest BCUT2D eigenvalue weighted by Gasteiger charge is 2.26. The van der Waals surface area contributed by atoms with E-state index in [9.17, 15) is 14.7 Å². The number of amides is 1. The highest BCUT2D eigenvalue weighted by molar-refractivity contribution is 5.95. The van der Waals surface area contributed by atoms with Crippen LogP contribution in [0.3, 0.4) is 0 Å². The van der Waals surface area contributed by atoms with E-state index in [0.29, 0.717) is 18.7 Å². The molecule has 0 bridgehead atoms. The topological polar surface area (TPSA) is 86.3 Å². The number of carbonyl (C=O) groups is 2. The monoisotopic (exact) mass is 375 g/mol. The van der Waals surface area contributed by atoms with Crippen molar-refractivity contribution in [1.82, 2.24) is 14.9 Å². The lowest BCUT2D eigenvalue weighted by Crippen LogP contribution is -2.39. The number of aromatic amines is 1. The number of aromatic nitrogens is 2. The molecular formula is C22H21N3O3. The van der Waals surface area contributed by atoms with Crippen molar-refractivity contribution in [1.29, 1.82) is 0 Å². The fourth-order valence-electron chi connectivity index (χ4n) is 3.76. The molecular weight excluding hydrogens is 354 g/mol. The quantitative estimate of drug-likeness (QED) is 0.726. The maximum atomic E-state index is 13.1. The Balaban J connectivity index is 1.53. The molecule has 6 heteroatoms. The smallest absolute Gasteiger partial charge is 0.335 e. The first-order valence-electron chi connectivity index (χ1n) is 9.34. The third-order valence-electron chi connectivity index (χ3n) is 5.19. The van der Waals surface area contributed by atoms with Gasteiger partial charge >= 0.3 is 5.97 Å². The van der Waals surface area contributed by atoms with Crippen molar-refractivity contribution in [3.8, 4) is 11.4 Å². The summed E-state index contributed by atoms with van der Waals surface area (Å²) in [5.41, 5.74) is 2.77. The van der Waals surface area contributed by atoms with E-state index in [1.807, 2.05) is 35.2 Å². The second-order valence-corrected chi connectivity index (χ2v) is 7.04. The van der Waals surface area contributed by atoms with E-state index in [-0.39, 0.29) is 17.4 Å². The number of likely N-dealkylation sites (tertiary alicyclic amines) is 1. The number of hydrogen-bond acceptors (Lipinski definition) is 3. The first-order chi connectivity index (χ1) is 13.6. The Labute approximate surface area is 162 Å². The van der Waals surface area contributed by atoms with Crippen molar-refractivity contribution in [3.63, 3.8) is 0 Å². The molecule has 4 rings (SSSR count). The highest BCUT2D eigenvalue weighted by atomic mass is 16.4. The third-order valence-corrected chi connectivity index (χ3v) is 5.19. The molecule has 1 fully saturated rings. The summed E-state index contributed by atoms with van der Waals surface area (Å²) in [5, 5.41) is 9.23. The molecule has 6 nitrogen and oxygen atoms in total. The van der Waals surface area contributed by atoms with Crippen molar-refractivity contribution >= 4 is 11.9 Å². The minimum atomic E-state index is -0.930. The van der Waals surface area contributed by atoms with Crippen molar-refractivity contribution < 1.29 is 14.7 Å². The third kappa shape index (κ3) is 3.67. The molecule has 0 aliphatic carbocycles. The zero-order valence-electron chi connectivity index (χ0n) is 15.3. The number of hydrogen-bond donors (Lipinski definition) is 2. The molecule has 1 aromatic heterocycles. The minimum Gasteiger partial charge on any atom is -0.478 e. The van der Waals surface area contributed by atoms with E-state index in [1.54, 1.807) is 30.6 Å². The Hall–Kier alpha value is -3.41. The fraction of sp³-hybridized carbons (Fsp3) is 0.227. The van der Waals surface area contributed by atoms with E-state index < -0.39 is 5.97 Å². The largest absolute Gasteiger partial charge is 0.478 e. The van der Waals surface area contributed by atoms with Crippen molar-refractivity contribution in [2.45, 2.75) is 18.8 Å². The molecule has 28 heavy (non-hydrogen) atoms. The summed E-state index contributed by atoms with van der Waals surface area (Å²) >= 11 is 0. The average Bonchev–Trinajstić information content (AvgIpc) is 3.28. The summed E-state index contributed by atoms with van der Waals surface area (Å²) in [7, 11) is 0. The standard InChI is InChI=1S/C22H21N3O3/c26-21(17-6-2-5-16(13-17)20-23-9-10-24-20)25-11-3-8-19(14-25)15-4-1-7-18(12-15)22(27)28/h1-2,4-7,9-10,12-13,19H,3,8,11,14H2,(H,23,24)(H,27,28)/t19-/m0/s1. The second kappa shape index (κ2) is 7.68. The number of carbonyl (C=O) groups excluding carboxylic acids is 1. The van der Waals surface area contributed by atoms with Gasteiger partial charge in [0.15, 0.2) is 0 Å². The van der Waals surface area contributed by atoms with E-state index >= 15 is 0 Å². The number of piperidine rings is 1. The normalized spacial score (nSPS) is 16.7. The molecule has 142 valence electrons. The lowest BCUT2D eigenvalue weighted by molar-refractivity contribution is 0.0688. The number of aromatic carboxylic acids is 1. The molecule has 1 aliphatic rings. The average molecular weight is 375 g/mol. The summed E-state index contributed by atoms with van der Waals surface area (Å²) in [6.45, 7) is 1.30. The second-order valence-electron chi connectivity index (χ2n) is 7.04.